The number of hydrogen-bond donors (Lipinski definition) is 1. The summed E-state index contributed by atoms with van der Waals surface area (Å²) in [6.45, 7) is 0. The SMILES string of the molecule is O=C(Cc1csc(-c2ccccc2)n1)Nc1nc2ccc(F)cc2s1. The van der Waals surface area contributed by atoms with Crippen LogP contribution in [0.2, 0.25) is 0 Å². The maximum atomic E-state index is 13.2. The van der Waals surface area contributed by atoms with Gasteiger partial charge >= 0.3 is 0 Å². The van der Waals surface area contributed by atoms with E-state index < -0.39 is 0 Å². The molecule has 0 fully saturated rings. The Kier molecular flexibility index (Phi) is 4.25. The Balaban J connectivity index is 1.46. The molecule has 0 aliphatic rings. The fourth-order valence-electron chi connectivity index (χ4n) is 2.38. The highest BCUT2D eigenvalue weighted by Gasteiger charge is 2.12. The second kappa shape index (κ2) is 6.70. The van der Waals surface area contributed by atoms with Crippen LogP contribution in [0, 0.1) is 5.82 Å². The number of rotatable bonds is 4. The second-order valence-corrected chi connectivity index (χ2v) is 7.25. The van der Waals surface area contributed by atoms with Crippen LogP contribution in [0.3, 0.4) is 0 Å². The van der Waals surface area contributed by atoms with Gasteiger partial charge in [-0.15, -0.1) is 11.3 Å². The van der Waals surface area contributed by atoms with Gasteiger partial charge in [0.25, 0.3) is 0 Å². The molecule has 0 unspecified atom stereocenters. The normalized spacial score (nSPS) is 10.9. The Labute approximate surface area is 151 Å². The lowest BCUT2D eigenvalue weighted by Crippen LogP contribution is -2.14. The van der Waals surface area contributed by atoms with Crippen LogP contribution in [0.15, 0.2) is 53.9 Å². The zero-order valence-corrected chi connectivity index (χ0v) is 14.5. The summed E-state index contributed by atoms with van der Waals surface area (Å²) in [5.74, 6) is -0.505. The van der Waals surface area contributed by atoms with E-state index >= 15 is 0 Å². The zero-order chi connectivity index (χ0) is 17.2. The van der Waals surface area contributed by atoms with Crippen LogP contribution >= 0.6 is 22.7 Å². The van der Waals surface area contributed by atoms with Gasteiger partial charge in [0.15, 0.2) is 5.13 Å². The predicted molar refractivity (Wildman–Crippen MR) is 99.5 cm³/mol. The molecule has 0 spiro atoms. The molecule has 1 amide bonds. The zero-order valence-electron chi connectivity index (χ0n) is 12.9. The number of hydrogen-bond acceptors (Lipinski definition) is 5. The molecule has 25 heavy (non-hydrogen) atoms. The number of benzene rings is 2. The average Bonchev–Trinajstić information content (AvgIpc) is 3.21. The fourth-order valence-corrected chi connectivity index (χ4v) is 4.11. The van der Waals surface area contributed by atoms with E-state index in [1.807, 2.05) is 35.7 Å². The quantitative estimate of drug-likeness (QED) is 0.565. The van der Waals surface area contributed by atoms with Crippen molar-refractivity contribution in [3.8, 4) is 10.6 Å². The minimum absolute atomic E-state index is 0.174. The summed E-state index contributed by atoms with van der Waals surface area (Å²) in [6, 6.07) is 14.2. The van der Waals surface area contributed by atoms with Crippen LogP contribution in [-0.4, -0.2) is 15.9 Å². The van der Waals surface area contributed by atoms with Gasteiger partial charge in [-0.2, -0.15) is 0 Å². The molecule has 0 atom stereocenters. The number of nitrogens with one attached hydrogen (secondary N) is 1. The van der Waals surface area contributed by atoms with Gasteiger partial charge in [0.05, 0.1) is 22.3 Å². The number of anilines is 1. The molecule has 7 heteroatoms. The summed E-state index contributed by atoms with van der Waals surface area (Å²) in [4.78, 5) is 21.0. The monoisotopic (exact) mass is 369 g/mol. The number of carbonyl (C=O) groups is 1. The molecule has 0 aliphatic heterocycles. The predicted octanol–water partition coefficient (Wildman–Crippen LogP) is 4.74. The van der Waals surface area contributed by atoms with Crippen LogP contribution in [0.25, 0.3) is 20.8 Å². The molecule has 4 aromatic rings. The minimum atomic E-state index is -0.315. The summed E-state index contributed by atoms with van der Waals surface area (Å²) >= 11 is 2.76. The molecule has 0 aliphatic carbocycles. The van der Waals surface area contributed by atoms with Crippen molar-refractivity contribution in [1.82, 2.24) is 9.97 Å². The third kappa shape index (κ3) is 3.57. The van der Waals surface area contributed by atoms with Crippen molar-refractivity contribution < 1.29 is 9.18 Å². The number of nitrogens with zero attached hydrogens (tertiary/aromatic N) is 2. The Morgan fingerprint density at radius 3 is 2.80 bits per heavy atom. The Bertz CT molecular complexity index is 1040. The molecule has 0 bridgehead atoms. The van der Waals surface area contributed by atoms with Gasteiger partial charge in [0.2, 0.25) is 5.91 Å². The molecule has 2 aromatic carbocycles. The van der Waals surface area contributed by atoms with Crippen molar-refractivity contribution in [2.45, 2.75) is 6.42 Å². The van der Waals surface area contributed by atoms with E-state index in [9.17, 15) is 9.18 Å². The van der Waals surface area contributed by atoms with E-state index in [1.165, 1.54) is 34.8 Å². The first-order valence-corrected chi connectivity index (χ1v) is 9.23. The van der Waals surface area contributed by atoms with Crippen molar-refractivity contribution in [3.05, 3.63) is 65.4 Å². The standard InChI is InChI=1S/C18H12FN3OS2/c19-12-6-7-14-15(8-12)25-18(21-14)22-16(23)9-13-10-24-17(20-13)11-4-2-1-3-5-11/h1-8,10H,9H2,(H,21,22,23). The summed E-state index contributed by atoms with van der Waals surface area (Å²) in [6.07, 6.45) is 0.174. The summed E-state index contributed by atoms with van der Waals surface area (Å²) in [7, 11) is 0. The van der Waals surface area contributed by atoms with Crippen molar-refractivity contribution >= 4 is 43.9 Å². The van der Waals surface area contributed by atoms with Gasteiger partial charge in [-0.25, -0.2) is 14.4 Å². The van der Waals surface area contributed by atoms with Gasteiger partial charge in [0.1, 0.15) is 10.8 Å². The van der Waals surface area contributed by atoms with E-state index in [-0.39, 0.29) is 18.1 Å². The Hall–Kier alpha value is -2.64. The van der Waals surface area contributed by atoms with E-state index in [2.05, 4.69) is 15.3 Å². The van der Waals surface area contributed by atoms with E-state index in [0.29, 0.717) is 21.0 Å². The van der Waals surface area contributed by atoms with Crippen molar-refractivity contribution in [2.75, 3.05) is 5.32 Å². The van der Waals surface area contributed by atoms with Crippen LogP contribution in [0.4, 0.5) is 9.52 Å². The highest BCUT2D eigenvalue weighted by atomic mass is 32.1. The maximum absolute atomic E-state index is 13.2. The summed E-state index contributed by atoms with van der Waals surface area (Å²) in [5, 5.41) is 5.99. The van der Waals surface area contributed by atoms with Crippen molar-refractivity contribution in [2.24, 2.45) is 0 Å². The molecular weight excluding hydrogens is 357 g/mol. The number of aromatic nitrogens is 2. The van der Waals surface area contributed by atoms with Crippen molar-refractivity contribution in [3.63, 3.8) is 0 Å². The van der Waals surface area contributed by atoms with Gasteiger partial charge in [-0.3, -0.25) is 4.79 Å². The highest BCUT2D eigenvalue weighted by molar-refractivity contribution is 7.22. The summed E-state index contributed by atoms with van der Waals surface area (Å²) < 4.78 is 13.9. The number of fused-ring (bicyclic) bond motifs is 1. The molecule has 0 saturated heterocycles. The third-order valence-corrected chi connectivity index (χ3v) is 5.38. The van der Waals surface area contributed by atoms with Crippen LogP contribution in [0.1, 0.15) is 5.69 Å². The molecule has 2 heterocycles. The lowest BCUT2D eigenvalue weighted by molar-refractivity contribution is -0.115. The van der Waals surface area contributed by atoms with Crippen LogP contribution < -0.4 is 5.32 Å². The van der Waals surface area contributed by atoms with E-state index in [0.717, 1.165) is 10.6 Å². The molecule has 2 aromatic heterocycles. The number of amides is 1. The summed E-state index contributed by atoms with van der Waals surface area (Å²) in [5.41, 5.74) is 2.42. The maximum Gasteiger partial charge on any atom is 0.232 e. The van der Waals surface area contributed by atoms with Gasteiger partial charge in [0, 0.05) is 10.9 Å². The van der Waals surface area contributed by atoms with Crippen LogP contribution in [-0.2, 0) is 11.2 Å². The number of thiazole rings is 2. The molecule has 4 nitrogen and oxygen atoms in total. The lowest BCUT2D eigenvalue weighted by atomic mass is 10.2. The van der Waals surface area contributed by atoms with Crippen molar-refractivity contribution in [1.29, 1.82) is 0 Å². The second-order valence-electron chi connectivity index (χ2n) is 5.37. The topological polar surface area (TPSA) is 54.9 Å². The fraction of sp³-hybridized carbons (Fsp3) is 0.0556. The molecule has 0 radical (unpaired) electrons. The smallest absolute Gasteiger partial charge is 0.232 e. The largest absolute Gasteiger partial charge is 0.302 e. The Morgan fingerprint density at radius 2 is 1.96 bits per heavy atom. The van der Waals surface area contributed by atoms with Gasteiger partial charge < -0.3 is 5.32 Å². The molecule has 1 N–H and O–H groups in total. The van der Waals surface area contributed by atoms with Crippen LogP contribution in [0.5, 0.6) is 0 Å². The highest BCUT2D eigenvalue weighted by Crippen LogP contribution is 2.27. The van der Waals surface area contributed by atoms with Gasteiger partial charge in [-0.1, -0.05) is 41.7 Å². The molecule has 4 rings (SSSR count). The average molecular weight is 369 g/mol. The first-order chi connectivity index (χ1) is 12.2. The number of carbonyl (C=O) groups excluding carboxylic acids is 1. The molecule has 0 saturated carbocycles. The van der Waals surface area contributed by atoms with E-state index in [1.54, 1.807) is 6.07 Å². The van der Waals surface area contributed by atoms with Gasteiger partial charge in [-0.05, 0) is 18.2 Å². The first kappa shape index (κ1) is 15.9. The lowest BCUT2D eigenvalue weighted by Gasteiger charge is -1.99. The third-order valence-electron chi connectivity index (χ3n) is 3.51. The van der Waals surface area contributed by atoms with E-state index in [4.69, 9.17) is 0 Å². The molecular formula is C18H12FN3OS2. The first-order valence-electron chi connectivity index (χ1n) is 7.53. The molecule has 124 valence electrons. The Morgan fingerprint density at radius 1 is 1.12 bits per heavy atom. The number of halogens is 1. The minimum Gasteiger partial charge on any atom is -0.302 e.